The summed E-state index contributed by atoms with van der Waals surface area (Å²) in [7, 11) is 0. The maximum absolute atomic E-state index is 2.53. The molecule has 12 aliphatic carbocycles. The summed E-state index contributed by atoms with van der Waals surface area (Å²) in [5.41, 5.74) is 0. The summed E-state index contributed by atoms with van der Waals surface area (Å²) in [5.74, 6) is 23.8. The fourth-order valence-corrected chi connectivity index (χ4v) is 16.9. The lowest BCUT2D eigenvalue weighted by atomic mass is 9.68. The number of allylic oxidation sites excluding steroid dienone is 4. The highest BCUT2D eigenvalue weighted by Gasteiger charge is 2.61. The molecule has 12 rings (SSSR count). The molecule has 0 amide bonds. The van der Waals surface area contributed by atoms with E-state index >= 15 is 0 Å². The van der Waals surface area contributed by atoms with Gasteiger partial charge in [-0.25, -0.2) is 0 Å². The lowest BCUT2D eigenvalue weighted by Gasteiger charge is -2.37. The average Bonchev–Trinajstić information content (AvgIpc) is 3.87. The molecule has 0 aromatic carbocycles. The monoisotopic (exact) mass is 611 g/mol. The fraction of sp³-hybridized carbons (Fsp3) is 0.911. The van der Waals surface area contributed by atoms with Crippen molar-refractivity contribution in [3.05, 3.63) is 24.3 Å². The van der Waals surface area contributed by atoms with Gasteiger partial charge in [-0.3, -0.25) is 0 Å². The molecule has 22 unspecified atom stereocenters. The molecular weight excluding hydrogens is 540 g/mol. The first kappa shape index (κ1) is 30.5. The molecule has 0 heterocycles. The van der Waals surface area contributed by atoms with Gasteiger partial charge in [-0.05, 0) is 207 Å². The molecule has 0 spiro atoms. The van der Waals surface area contributed by atoms with Crippen LogP contribution in [0.1, 0.15) is 125 Å². The van der Waals surface area contributed by atoms with Crippen LogP contribution < -0.4 is 0 Å². The average molecular weight is 611 g/mol. The van der Waals surface area contributed by atoms with Gasteiger partial charge in [0.15, 0.2) is 0 Å². The molecule has 250 valence electrons. The van der Waals surface area contributed by atoms with Crippen molar-refractivity contribution in [3.63, 3.8) is 0 Å². The second-order valence-corrected chi connectivity index (χ2v) is 20.5. The molecule has 10 fully saturated rings. The summed E-state index contributed by atoms with van der Waals surface area (Å²) < 4.78 is 0. The topological polar surface area (TPSA) is 0 Å². The summed E-state index contributed by atoms with van der Waals surface area (Å²) in [6.45, 7) is 14.8. The molecular formula is C45H70. The van der Waals surface area contributed by atoms with Crippen LogP contribution in [0.3, 0.4) is 0 Å². The Morgan fingerprint density at radius 3 is 1.84 bits per heavy atom. The molecule has 0 saturated heterocycles. The predicted octanol–water partition coefficient (Wildman–Crippen LogP) is 12.0. The largest absolute Gasteiger partial charge is 0.0879 e. The first-order valence-electron chi connectivity index (χ1n) is 21.1. The van der Waals surface area contributed by atoms with Crippen molar-refractivity contribution >= 4 is 0 Å². The highest BCUT2D eigenvalue weighted by molar-refractivity contribution is 5.17. The Labute approximate surface area is 278 Å². The van der Waals surface area contributed by atoms with Crippen molar-refractivity contribution < 1.29 is 0 Å². The van der Waals surface area contributed by atoms with Crippen LogP contribution in [0, 0.1) is 130 Å². The summed E-state index contributed by atoms with van der Waals surface area (Å²) in [6, 6.07) is 0. The minimum Gasteiger partial charge on any atom is -0.0879 e. The summed E-state index contributed by atoms with van der Waals surface area (Å²) >= 11 is 0. The molecule has 12 aliphatic rings. The molecule has 22 atom stereocenters. The Kier molecular flexibility index (Phi) is 7.83. The molecule has 0 N–H and O–H groups in total. The van der Waals surface area contributed by atoms with Gasteiger partial charge in [-0.2, -0.15) is 0 Å². The van der Waals surface area contributed by atoms with E-state index in [1.807, 2.05) is 0 Å². The molecule has 10 bridgehead atoms. The summed E-state index contributed by atoms with van der Waals surface area (Å²) in [4.78, 5) is 0. The molecule has 0 nitrogen and oxygen atoms in total. The van der Waals surface area contributed by atoms with E-state index in [9.17, 15) is 0 Å². The third-order valence-corrected chi connectivity index (χ3v) is 18.9. The quantitative estimate of drug-likeness (QED) is 0.189. The Morgan fingerprint density at radius 2 is 1.11 bits per heavy atom. The van der Waals surface area contributed by atoms with Crippen LogP contribution in [0.25, 0.3) is 0 Å². The van der Waals surface area contributed by atoms with Crippen molar-refractivity contribution in [1.82, 2.24) is 0 Å². The van der Waals surface area contributed by atoms with E-state index in [0.717, 1.165) is 94.7 Å². The zero-order valence-corrected chi connectivity index (χ0v) is 30.2. The van der Waals surface area contributed by atoms with Gasteiger partial charge >= 0.3 is 0 Å². The van der Waals surface area contributed by atoms with Gasteiger partial charge in [0.25, 0.3) is 0 Å². The number of rotatable bonds is 0. The van der Waals surface area contributed by atoms with E-state index in [4.69, 9.17) is 0 Å². The lowest BCUT2D eigenvalue weighted by molar-refractivity contribution is 0.112. The van der Waals surface area contributed by atoms with E-state index in [1.54, 1.807) is 64.2 Å². The standard InChI is InChI=1S/2C13H20.C11H16.C8H14/c1-7-4-10-6-11(7)13-9-3-2-8(5-9)12(10)13;1-7-4-5-10-11-6-12(13(7)10)9(3)8(11)2;1-7-5-8-6-11(7)10-4-2-3-9(8)10;1-6-4-7-2-3-8(6)5-7/h7-13H,2-6H2,1H3;4-5,7-13H,6H2,1-3H3;2,4,7-11H,3,5-6H2,1H3;6-8H,2-5H2,1H3. The van der Waals surface area contributed by atoms with Crippen molar-refractivity contribution in [2.24, 2.45) is 130 Å². The van der Waals surface area contributed by atoms with E-state index in [-0.39, 0.29) is 0 Å². The second kappa shape index (κ2) is 11.5. The third kappa shape index (κ3) is 4.83. The smallest absolute Gasteiger partial charge is 0.0166 e. The highest BCUT2D eigenvalue weighted by Crippen LogP contribution is 2.69. The minimum atomic E-state index is 0.870. The van der Waals surface area contributed by atoms with Gasteiger partial charge in [-0.15, -0.1) is 0 Å². The molecule has 0 aromatic rings. The Balaban J connectivity index is 0.0000000845. The fourth-order valence-electron chi connectivity index (χ4n) is 16.9. The zero-order valence-electron chi connectivity index (χ0n) is 30.2. The lowest BCUT2D eigenvalue weighted by Crippen LogP contribution is -2.31. The van der Waals surface area contributed by atoms with E-state index in [1.165, 1.54) is 54.8 Å². The maximum atomic E-state index is 2.53. The minimum absolute atomic E-state index is 0.870. The first-order valence-corrected chi connectivity index (χ1v) is 21.1. The van der Waals surface area contributed by atoms with Crippen LogP contribution in [0.5, 0.6) is 0 Å². The van der Waals surface area contributed by atoms with Crippen molar-refractivity contribution in [2.75, 3.05) is 0 Å². The van der Waals surface area contributed by atoms with Crippen molar-refractivity contribution in [2.45, 2.75) is 125 Å². The van der Waals surface area contributed by atoms with Crippen LogP contribution in [-0.2, 0) is 0 Å². The Bertz CT molecular complexity index is 1140. The second-order valence-electron chi connectivity index (χ2n) is 20.5. The first-order chi connectivity index (χ1) is 21.8. The summed E-state index contributed by atoms with van der Waals surface area (Å²) in [5, 5.41) is 0. The molecule has 0 radical (unpaired) electrons. The van der Waals surface area contributed by atoms with Crippen LogP contribution >= 0.6 is 0 Å². The van der Waals surface area contributed by atoms with Crippen molar-refractivity contribution in [3.8, 4) is 0 Å². The van der Waals surface area contributed by atoms with Gasteiger partial charge in [0, 0.05) is 0 Å². The molecule has 45 heavy (non-hydrogen) atoms. The van der Waals surface area contributed by atoms with E-state index in [0.29, 0.717) is 0 Å². The van der Waals surface area contributed by atoms with Gasteiger partial charge in [0.1, 0.15) is 0 Å². The number of fused-ring (bicyclic) bond motifs is 21. The van der Waals surface area contributed by atoms with Crippen LogP contribution in [0.4, 0.5) is 0 Å². The number of hydrogen-bond acceptors (Lipinski definition) is 0. The van der Waals surface area contributed by atoms with E-state index < -0.39 is 0 Å². The number of hydrogen-bond donors (Lipinski definition) is 0. The van der Waals surface area contributed by atoms with Gasteiger partial charge in [-0.1, -0.05) is 72.3 Å². The highest BCUT2D eigenvalue weighted by atomic mass is 14.7. The third-order valence-electron chi connectivity index (χ3n) is 18.9. The summed E-state index contributed by atoms with van der Waals surface area (Å²) in [6.07, 6.45) is 30.2. The van der Waals surface area contributed by atoms with Crippen molar-refractivity contribution in [1.29, 1.82) is 0 Å². The molecule has 0 aliphatic heterocycles. The Morgan fingerprint density at radius 1 is 0.400 bits per heavy atom. The van der Waals surface area contributed by atoms with Crippen LogP contribution in [-0.4, -0.2) is 0 Å². The van der Waals surface area contributed by atoms with Crippen LogP contribution in [0.15, 0.2) is 24.3 Å². The van der Waals surface area contributed by atoms with Gasteiger partial charge in [0.05, 0.1) is 0 Å². The zero-order chi connectivity index (χ0) is 30.7. The van der Waals surface area contributed by atoms with Gasteiger partial charge < -0.3 is 0 Å². The maximum Gasteiger partial charge on any atom is -0.0166 e. The molecule has 0 aromatic heterocycles. The normalized spacial score (nSPS) is 61.6. The van der Waals surface area contributed by atoms with Gasteiger partial charge in [0.2, 0.25) is 0 Å². The predicted molar refractivity (Wildman–Crippen MR) is 189 cm³/mol. The SMILES string of the molecule is CC1C=CC2C3CC(C(C)C3C)C12.CC1CC2CC1C1C3CCC(C3)C21.CC1CC2CC1C1C=CCC21.CC1CC2CCC1C2. The van der Waals surface area contributed by atoms with E-state index in [2.05, 4.69) is 65.8 Å². The molecule has 10 saturated carbocycles. The van der Waals surface area contributed by atoms with Crippen LogP contribution in [0.2, 0.25) is 0 Å². The molecule has 0 heteroatoms. The Hall–Kier alpha value is -0.520.